The predicted octanol–water partition coefficient (Wildman–Crippen LogP) is 2.59. The van der Waals surface area contributed by atoms with Crippen molar-refractivity contribution >= 4 is 5.97 Å². The summed E-state index contributed by atoms with van der Waals surface area (Å²) in [6, 6.07) is 7.51. The molecular weight excluding hydrogens is 230 g/mol. The molecule has 0 amide bonds. The minimum absolute atomic E-state index is 0.0366. The predicted molar refractivity (Wildman–Crippen MR) is 70.6 cm³/mol. The first kappa shape index (κ1) is 14.5. The van der Waals surface area contributed by atoms with Gasteiger partial charge < -0.3 is 15.6 Å². The number of hydrogen-bond acceptors (Lipinski definition) is 3. The molecule has 100 valence electrons. The van der Waals surface area contributed by atoms with Crippen molar-refractivity contribution in [2.24, 2.45) is 11.1 Å². The van der Waals surface area contributed by atoms with E-state index in [0.717, 1.165) is 12.0 Å². The first-order chi connectivity index (χ1) is 8.36. The molecule has 1 atom stereocenters. The highest BCUT2D eigenvalue weighted by Gasteiger charge is 2.28. The van der Waals surface area contributed by atoms with Crippen molar-refractivity contribution in [1.82, 2.24) is 0 Å². The summed E-state index contributed by atoms with van der Waals surface area (Å²) in [6.07, 6.45) is 0.881. The number of carboxylic acids is 1. The molecule has 0 saturated heterocycles. The monoisotopic (exact) mass is 251 g/mol. The maximum atomic E-state index is 10.9. The van der Waals surface area contributed by atoms with Gasteiger partial charge in [-0.1, -0.05) is 19.1 Å². The molecule has 0 unspecified atom stereocenters. The summed E-state index contributed by atoms with van der Waals surface area (Å²) < 4.78 is 5.48. The summed E-state index contributed by atoms with van der Waals surface area (Å²) >= 11 is 0. The molecule has 0 fully saturated rings. The summed E-state index contributed by atoms with van der Waals surface area (Å²) in [6.45, 7) is 5.44. The van der Waals surface area contributed by atoms with Crippen molar-refractivity contribution in [3.05, 3.63) is 29.8 Å². The van der Waals surface area contributed by atoms with Crippen molar-refractivity contribution < 1.29 is 14.6 Å². The van der Waals surface area contributed by atoms with Crippen LogP contribution >= 0.6 is 0 Å². The molecule has 1 aromatic carbocycles. The lowest BCUT2D eigenvalue weighted by Crippen LogP contribution is -2.30. The average Bonchev–Trinajstić information content (AvgIpc) is 2.36. The van der Waals surface area contributed by atoms with Gasteiger partial charge in [0.25, 0.3) is 0 Å². The molecule has 0 aliphatic carbocycles. The third-order valence-corrected chi connectivity index (χ3v) is 2.93. The van der Waals surface area contributed by atoms with Crippen LogP contribution in [0.5, 0.6) is 5.75 Å². The smallest absolute Gasteiger partial charge is 0.312 e. The first-order valence-electron chi connectivity index (χ1n) is 6.08. The largest absolute Gasteiger partial charge is 0.492 e. The quantitative estimate of drug-likeness (QED) is 0.815. The zero-order valence-electron chi connectivity index (χ0n) is 11.1. The topological polar surface area (TPSA) is 72.5 Å². The lowest BCUT2D eigenvalue weighted by molar-refractivity contribution is -0.148. The summed E-state index contributed by atoms with van der Waals surface area (Å²) in [4.78, 5) is 10.9. The van der Waals surface area contributed by atoms with Crippen LogP contribution in [-0.2, 0) is 4.79 Å². The van der Waals surface area contributed by atoms with Gasteiger partial charge in [-0.3, -0.25) is 4.79 Å². The van der Waals surface area contributed by atoms with Crippen LogP contribution in [0.1, 0.15) is 38.8 Å². The van der Waals surface area contributed by atoms with E-state index >= 15 is 0 Å². The van der Waals surface area contributed by atoms with Crippen molar-refractivity contribution in [2.75, 3.05) is 6.61 Å². The maximum absolute atomic E-state index is 10.9. The third-order valence-electron chi connectivity index (χ3n) is 2.93. The standard InChI is InChI=1S/C14H21NO3/c1-4-12(15)10-5-7-11(8-6-10)18-9-14(2,3)13(16)17/h5-8,12H,4,9,15H2,1-3H3,(H,16,17)/t12-/m0/s1. The second kappa shape index (κ2) is 5.87. The van der Waals surface area contributed by atoms with E-state index in [0.29, 0.717) is 5.75 Å². The summed E-state index contributed by atoms with van der Waals surface area (Å²) in [5.74, 6) is -0.205. The van der Waals surface area contributed by atoms with Gasteiger partial charge in [-0.2, -0.15) is 0 Å². The van der Waals surface area contributed by atoms with Crippen molar-refractivity contribution in [3.8, 4) is 5.75 Å². The van der Waals surface area contributed by atoms with Gasteiger partial charge in [-0.25, -0.2) is 0 Å². The number of carboxylic acid groups (broad SMARTS) is 1. The van der Waals surface area contributed by atoms with E-state index in [1.165, 1.54) is 0 Å². The fraction of sp³-hybridized carbons (Fsp3) is 0.500. The van der Waals surface area contributed by atoms with Gasteiger partial charge in [0.15, 0.2) is 0 Å². The minimum Gasteiger partial charge on any atom is -0.492 e. The van der Waals surface area contributed by atoms with Crippen LogP contribution in [0, 0.1) is 5.41 Å². The number of nitrogens with two attached hydrogens (primary N) is 1. The summed E-state index contributed by atoms with van der Waals surface area (Å²) in [5.41, 5.74) is 6.08. The summed E-state index contributed by atoms with van der Waals surface area (Å²) in [7, 11) is 0. The number of ether oxygens (including phenoxy) is 1. The Morgan fingerprint density at radius 3 is 2.39 bits per heavy atom. The van der Waals surface area contributed by atoms with Gasteiger partial charge in [-0.05, 0) is 38.0 Å². The van der Waals surface area contributed by atoms with Crippen LogP contribution in [0.3, 0.4) is 0 Å². The molecule has 18 heavy (non-hydrogen) atoms. The van der Waals surface area contributed by atoms with Crippen LogP contribution in [0.15, 0.2) is 24.3 Å². The van der Waals surface area contributed by atoms with Gasteiger partial charge in [0.1, 0.15) is 12.4 Å². The van der Waals surface area contributed by atoms with Crippen molar-refractivity contribution in [1.29, 1.82) is 0 Å². The molecule has 0 spiro atoms. The Bertz CT molecular complexity index is 398. The van der Waals surface area contributed by atoms with E-state index in [9.17, 15) is 4.79 Å². The van der Waals surface area contributed by atoms with Crippen LogP contribution < -0.4 is 10.5 Å². The molecule has 1 aromatic rings. The number of aliphatic carboxylic acids is 1. The van der Waals surface area contributed by atoms with Gasteiger partial charge in [0.05, 0.1) is 5.41 Å². The Labute approximate surface area is 108 Å². The van der Waals surface area contributed by atoms with Crippen molar-refractivity contribution in [2.45, 2.75) is 33.2 Å². The number of benzene rings is 1. The Kier molecular flexibility index (Phi) is 4.73. The fourth-order valence-corrected chi connectivity index (χ4v) is 1.37. The highest BCUT2D eigenvalue weighted by molar-refractivity contribution is 5.73. The molecule has 0 heterocycles. The van der Waals surface area contributed by atoms with Gasteiger partial charge in [-0.15, -0.1) is 0 Å². The van der Waals surface area contributed by atoms with E-state index in [4.69, 9.17) is 15.6 Å². The Morgan fingerprint density at radius 2 is 1.94 bits per heavy atom. The summed E-state index contributed by atoms with van der Waals surface area (Å²) in [5, 5.41) is 8.97. The van der Waals surface area contributed by atoms with Gasteiger partial charge in [0, 0.05) is 6.04 Å². The fourth-order valence-electron chi connectivity index (χ4n) is 1.37. The average molecular weight is 251 g/mol. The van der Waals surface area contributed by atoms with Crippen LogP contribution in [0.2, 0.25) is 0 Å². The van der Waals surface area contributed by atoms with Gasteiger partial charge >= 0.3 is 5.97 Å². The molecule has 0 radical (unpaired) electrons. The minimum atomic E-state index is -0.890. The van der Waals surface area contributed by atoms with E-state index in [1.807, 2.05) is 31.2 Å². The number of rotatable bonds is 6. The third kappa shape index (κ3) is 3.74. The molecule has 3 N–H and O–H groups in total. The maximum Gasteiger partial charge on any atom is 0.312 e. The van der Waals surface area contributed by atoms with Crippen LogP contribution in [0.4, 0.5) is 0 Å². The number of carbonyl (C=O) groups is 1. The molecule has 1 rings (SSSR count). The zero-order valence-corrected chi connectivity index (χ0v) is 11.1. The van der Waals surface area contributed by atoms with E-state index < -0.39 is 11.4 Å². The lowest BCUT2D eigenvalue weighted by atomic mass is 9.95. The first-order valence-corrected chi connectivity index (χ1v) is 6.08. The second-order valence-corrected chi connectivity index (χ2v) is 5.06. The Balaban J connectivity index is 2.62. The lowest BCUT2D eigenvalue weighted by Gasteiger charge is -2.19. The van der Waals surface area contributed by atoms with Crippen LogP contribution in [-0.4, -0.2) is 17.7 Å². The van der Waals surface area contributed by atoms with Crippen molar-refractivity contribution in [3.63, 3.8) is 0 Å². The van der Waals surface area contributed by atoms with E-state index in [2.05, 4.69) is 0 Å². The molecular formula is C14H21NO3. The molecule has 4 heteroatoms. The molecule has 0 aliphatic heterocycles. The van der Waals surface area contributed by atoms with E-state index in [-0.39, 0.29) is 12.6 Å². The normalized spacial score (nSPS) is 13.1. The highest BCUT2D eigenvalue weighted by atomic mass is 16.5. The number of hydrogen-bond donors (Lipinski definition) is 2. The zero-order chi connectivity index (χ0) is 13.8. The molecule has 0 bridgehead atoms. The molecule has 0 aliphatic rings. The van der Waals surface area contributed by atoms with Gasteiger partial charge in [0.2, 0.25) is 0 Å². The van der Waals surface area contributed by atoms with E-state index in [1.54, 1.807) is 13.8 Å². The Hall–Kier alpha value is -1.55. The molecule has 4 nitrogen and oxygen atoms in total. The van der Waals surface area contributed by atoms with Crippen LogP contribution in [0.25, 0.3) is 0 Å². The molecule has 0 aromatic heterocycles. The highest BCUT2D eigenvalue weighted by Crippen LogP contribution is 2.21. The second-order valence-electron chi connectivity index (χ2n) is 5.06. The SMILES string of the molecule is CC[C@H](N)c1ccc(OCC(C)(C)C(=O)O)cc1. The molecule has 0 saturated carbocycles. The Morgan fingerprint density at radius 1 is 1.39 bits per heavy atom.